The maximum absolute atomic E-state index is 12.3. The molecule has 0 spiro atoms. The number of amides is 2. The van der Waals surface area contributed by atoms with Gasteiger partial charge in [-0.15, -0.1) is 0 Å². The van der Waals surface area contributed by atoms with Gasteiger partial charge in [-0.05, 0) is 45.8 Å². The first-order chi connectivity index (χ1) is 12.6. The Labute approximate surface area is 162 Å². The van der Waals surface area contributed by atoms with Crippen molar-refractivity contribution in [2.45, 2.75) is 6.54 Å². The highest BCUT2D eigenvalue weighted by atomic mass is 79.9. The summed E-state index contributed by atoms with van der Waals surface area (Å²) in [6.07, 6.45) is 3.30. The zero-order valence-electron chi connectivity index (χ0n) is 13.3. The van der Waals surface area contributed by atoms with Crippen molar-refractivity contribution in [1.29, 1.82) is 0 Å². The minimum atomic E-state index is -0.424. The van der Waals surface area contributed by atoms with E-state index in [9.17, 15) is 9.59 Å². The van der Waals surface area contributed by atoms with Gasteiger partial charge in [-0.3, -0.25) is 19.7 Å². The first-order valence-corrected chi connectivity index (χ1v) is 8.70. The molecule has 3 rings (SSSR count). The number of H-pyrrole nitrogens is 1. The molecule has 0 aliphatic rings. The fourth-order valence-corrected chi connectivity index (χ4v) is 2.83. The normalized spacial score (nSPS) is 10.4. The minimum Gasteiger partial charge on any atom is -0.347 e. The number of pyridine rings is 1. The summed E-state index contributed by atoms with van der Waals surface area (Å²) in [5.74, 6) is -0.588. The summed E-state index contributed by atoms with van der Waals surface area (Å²) in [4.78, 5) is 28.5. The molecule has 0 fully saturated rings. The molecule has 0 atom stereocenters. The van der Waals surface area contributed by atoms with E-state index in [0.29, 0.717) is 21.6 Å². The third-order valence-corrected chi connectivity index (χ3v) is 4.59. The van der Waals surface area contributed by atoms with Crippen molar-refractivity contribution < 1.29 is 9.59 Å². The average molecular weight is 435 g/mol. The molecule has 26 heavy (non-hydrogen) atoms. The van der Waals surface area contributed by atoms with Crippen LogP contribution in [0.25, 0.3) is 0 Å². The molecule has 3 N–H and O–H groups in total. The molecule has 0 bridgehead atoms. The highest BCUT2D eigenvalue weighted by molar-refractivity contribution is 9.10. The summed E-state index contributed by atoms with van der Waals surface area (Å²) in [5.41, 5.74) is 1.43. The predicted molar refractivity (Wildman–Crippen MR) is 101 cm³/mol. The Kier molecular flexibility index (Phi) is 5.65. The van der Waals surface area contributed by atoms with Gasteiger partial charge in [-0.2, -0.15) is 5.10 Å². The van der Waals surface area contributed by atoms with E-state index in [4.69, 9.17) is 11.6 Å². The molecule has 0 aliphatic heterocycles. The van der Waals surface area contributed by atoms with E-state index >= 15 is 0 Å². The number of aromatic nitrogens is 3. The standard InChI is InChI=1S/C17H13BrClN5O2/c18-13-14(17(26)21-9-10-5-7-20-8-6-10)23-24-15(13)22-16(25)11-3-1-2-4-12(11)19/h1-8H,9H2,(H,21,26)(H2,22,23,24,25). The summed E-state index contributed by atoms with van der Waals surface area (Å²) in [6.45, 7) is 0.341. The fraction of sp³-hybridized carbons (Fsp3) is 0.0588. The number of nitrogens with one attached hydrogen (secondary N) is 3. The Balaban J connectivity index is 1.68. The van der Waals surface area contributed by atoms with Gasteiger partial charge in [0.15, 0.2) is 5.82 Å². The molecule has 0 aliphatic carbocycles. The van der Waals surface area contributed by atoms with Crippen LogP contribution in [0.3, 0.4) is 0 Å². The molecular formula is C17H13BrClN5O2. The first-order valence-electron chi connectivity index (χ1n) is 7.53. The van der Waals surface area contributed by atoms with Crippen LogP contribution in [0.2, 0.25) is 5.02 Å². The molecule has 0 unspecified atom stereocenters. The summed E-state index contributed by atoms with van der Waals surface area (Å²) in [6, 6.07) is 10.3. The van der Waals surface area contributed by atoms with Crippen molar-refractivity contribution in [3.05, 3.63) is 75.1 Å². The van der Waals surface area contributed by atoms with Gasteiger partial charge in [0.05, 0.1) is 15.1 Å². The number of hydrogen-bond acceptors (Lipinski definition) is 4. The quantitative estimate of drug-likeness (QED) is 0.573. The monoisotopic (exact) mass is 433 g/mol. The Bertz CT molecular complexity index is 945. The maximum atomic E-state index is 12.3. The number of carbonyl (C=O) groups is 2. The van der Waals surface area contributed by atoms with Gasteiger partial charge < -0.3 is 10.6 Å². The van der Waals surface area contributed by atoms with E-state index in [2.05, 4.69) is 41.7 Å². The molecule has 0 saturated carbocycles. The summed E-state index contributed by atoms with van der Waals surface area (Å²) < 4.78 is 0.352. The number of rotatable bonds is 5. The van der Waals surface area contributed by atoms with Crippen LogP contribution >= 0.6 is 27.5 Å². The van der Waals surface area contributed by atoms with Gasteiger partial charge in [-0.25, -0.2) is 0 Å². The fourth-order valence-electron chi connectivity index (χ4n) is 2.15. The molecule has 132 valence electrons. The van der Waals surface area contributed by atoms with Gasteiger partial charge in [0.25, 0.3) is 11.8 Å². The van der Waals surface area contributed by atoms with Crippen molar-refractivity contribution >= 4 is 45.2 Å². The van der Waals surface area contributed by atoms with Crippen LogP contribution < -0.4 is 10.6 Å². The summed E-state index contributed by atoms with van der Waals surface area (Å²) in [7, 11) is 0. The molecule has 3 aromatic rings. The Morgan fingerprint density at radius 2 is 1.85 bits per heavy atom. The number of nitrogens with zero attached hydrogens (tertiary/aromatic N) is 2. The molecule has 2 amide bonds. The van der Waals surface area contributed by atoms with E-state index in [1.807, 2.05) is 0 Å². The number of hydrogen-bond donors (Lipinski definition) is 3. The number of aromatic amines is 1. The zero-order chi connectivity index (χ0) is 18.5. The predicted octanol–water partition coefficient (Wildman–Crippen LogP) is 3.40. The number of carbonyl (C=O) groups excluding carboxylic acids is 2. The van der Waals surface area contributed by atoms with Gasteiger partial charge >= 0.3 is 0 Å². The van der Waals surface area contributed by atoms with Crippen LogP contribution in [0.5, 0.6) is 0 Å². The SMILES string of the molecule is O=C(Nc1n[nH]c(C(=O)NCc2ccncc2)c1Br)c1ccccc1Cl. The van der Waals surface area contributed by atoms with Crippen LogP contribution in [0.4, 0.5) is 5.82 Å². The Morgan fingerprint density at radius 3 is 2.58 bits per heavy atom. The average Bonchev–Trinajstić information content (AvgIpc) is 3.01. The second-order valence-corrected chi connectivity index (χ2v) is 6.43. The summed E-state index contributed by atoms with van der Waals surface area (Å²) in [5, 5.41) is 12.3. The van der Waals surface area contributed by atoms with E-state index in [-0.39, 0.29) is 17.4 Å². The third-order valence-electron chi connectivity index (χ3n) is 3.49. The Hall–Kier alpha value is -2.71. The van der Waals surface area contributed by atoms with E-state index in [1.54, 1.807) is 48.8 Å². The minimum absolute atomic E-state index is 0.198. The van der Waals surface area contributed by atoms with Gasteiger partial charge in [-0.1, -0.05) is 23.7 Å². The largest absolute Gasteiger partial charge is 0.347 e. The molecule has 7 nitrogen and oxygen atoms in total. The van der Waals surface area contributed by atoms with Crippen molar-refractivity contribution in [1.82, 2.24) is 20.5 Å². The molecule has 2 aromatic heterocycles. The number of anilines is 1. The van der Waals surface area contributed by atoms with Crippen molar-refractivity contribution in [2.75, 3.05) is 5.32 Å². The lowest BCUT2D eigenvalue weighted by atomic mass is 10.2. The van der Waals surface area contributed by atoms with E-state index in [0.717, 1.165) is 5.56 Å². The van der Waals surface area contributed by atoms with Crippen LogP contribution in [0.15, 0.2) is 53.3 Å². The highest BCUT2D eigenvalue weighted by Crippen LogP contribution is 2.25. The second-order valence-electron chi connectivity index (χ2n) is 5.23. The number of halogens is 2. The van der Waals surface area contributed by atoms with Crippen LogP contribution in [-0.2, 0) is 6.54 Å². The zero-order valence-corrected chi connectivity index (χ0v) is 15.6. The van der Waals surface area contributed by atoms with Crippen molar-refractivity contribution in [3.63, 3.8) is 0 Å². The van der Waals surface area contributed by atoms with Gasteiger partial charge in [0.1, 0.15) is 5.69 Å². The smallest absolute Gasteiger partial charge is 0.270 e. The van der Waals surface area contributed by atoms with Gasteiger partial charge in [0.2, 0.25) is 0 Å². The lowest BCUT2D eigenvalue weighted by Gasteiger charge is -2.05. The summed E-state index contributed by atoms with van der Waals surface area (Å²) >= 11 is 9.30. The maximum Gasteiger partial charge on any atom is 0.270 e. The lowest BCUT2D eigenvalue weighted by molar-refractivity contribution is 0.0944. The van der Waals surface area contributed by atoms with E-state index in [1.165, 1.54) is 0 Å². The number of benzene rings is 1. The second kappa shape index (κ2) is 8.11. The first kappa shape index (κ1) is 18.1. The van der Waals surface area contributed by atoms with E-state index < -0.39 is 5.91 Å². The molecule has 1 aromatic carbocycles. The van der Waals surface area contributed by atoms with Gasteiger partial charge in [0, 0.05) is 18.9 Å². The van der Waals surface area contributed by atoms with Crippen LogP contribution in [-0.4, -0.2) is 27.0 Å². The molecule has 9 heteroatoms. The highest BCUT2D eigenvalue weighted by Gasteiger charge is 2.19. The van der Waals surface area contributed by atoms with Crippen molar-refractivity contribution in [3.8, 4) is 0 Å². The third kappa shape index (κ3) is 4.09. The topological polar surface area (TPSA) is 99.8 Å². The Morgan fingerprint density at radius 1 is 1.12 bits per heavy atom. The molecule has 0 radical (unpaired) electrons. The lowest BCUT2D eigenvalue weighted by Crippen LogP contribution is -2.23. The van der Waals surface area contributed by atoms with Crippen molar-refractivity contribution in [2.24, 2.45) is 0 Å². The van der Waals surface area contributed by atoms with Crippen LogP contribution in [0, 0.1) is 0 Å². The molecule has 2 heterocycles. The molecular weight excluding hydrogens is 422 g/mol. The molecule has 0 saturated heterocycles. The van der Waals surface area contributed by atoms with Crippen LogP contribution in [0.1, 0.15) is 26.4 Å².